The summed E-state index contributed by atoms with van der Waals surface area (Å²) < 4.78 is 9.27. The number of benzene rings is 1. The van der Waals surface area contributed by atoms with Crippen LogP contribution in [0.4, 0.5) is 0 Å². The van der Waals surface area contributed by atoms with Crippen molar-refractivity contribution in [2.75, 3.05) is 14.2 Å². The van der Waals surface area contributed by atoms with Gasteiger partial charge in [-0.1, -0.05) is 18.2 Å². The maximum absolute atomic E-state index is 11.8. The van der Waals surface area contributed by atoms with Crippen LogP contribution in [0.1, 0.15) is 11.5 Å². The van der Waals surface area contributed by atoms with Crippen LogP contribution in [0.3, 0.4) is 0 Å². The van der Waals surface area contributed by atoms with Gasteiger partial charge in [0, 0.05) is 17.1 Å². The predicted octanol–water partition coefficient (Wildman–Crippen LogP) is 0.958. The maximum atomic E-state index is 11.8. The summed E-state index contributed by atoms with van der Waals surface area (Å²) in [5.74, 6) is -2.71. The molecule has 0 bridgehead atoms. The van der Waals surface area contributed by atoms with Crippen molar-refractivity contribution in [2.45, 2.75) is 5.92 Å². The lowest BCUT2D eigenvalue weighted by Gasteiger charge is -2.14. The number of nitrogens with one attached hydrogen (secondary N) is 1. The minimum Gasteiger partial charge on any atom is -0.468 e. The highest BCUT2D eigenvalue weighted by Gasteiger charge is 2.32. The Hall–Kier alpha value is -2.63. The molecule has 0 fully saturated rings. The summed E-state index contributed by atoms with van der Waals surface area (Å²) in [4.78, 5) is 37.9. The summed E-state index contributed by atoms with van der Waals surface area (Å²) in [5, 5.41) is 0.903. The molecule has 6 heteroatoms. The first-order valence-electron chi connectivity index (χ1n) is 5.86. The van der Waals surface area contributed by atoms with Crippen LogP contribution < -0.4 is 5.56 Å². The van der Waals surface area contributed by atoms with Crippen molar-refractivity contribution in [3.8, 4) is 0 Å². The van der Waals surface area contributed by atoms with Gasteiger partial charge in [0.1, 0.15) is 0 Å². The molecule has 0 saturated heterocycles. The van der Waals surface area contributed by atoms with Crippen LogP contribution in [0, 0.1) is 0 Å². The molecule has 1 heterocycles. The number of carbonyl (C=O) groups excluding carboxylic acids is 2. The molecule has 2 rings (SSSR count). The number of pyridine rings is 1. The molecule has 0 spiro atoms. The second kappa shape index (κ2) is 5.56. The maximum Gasteiger partial charge on any atom is 0.324 e. The number of aromatic nitrogens is 1. The zero-order valence-corrected chi connectivity index (χ0v) is 11.0. The van der Waals surface area contributed by atoms with E-state index < -0.39 is 17.9 Å². The molecule has 0 aliphatic carbocycles. The summed E-state index contributed by atoms with van der Waals surface area (Å²) in [6.45, 7) is 0. The van der Waals surface area contributed by atoms with E-state index in [9.17, 15) is 14.4 Å². The number of rotatable bonds is 3. The molecule has 1 aromatic heterocycles. The molecule has 0 radical (unpaired) electrons. The van der Waals surface area contributed by atoms with E-state index in [1.165, 1.54) is 20.4 Å². The Bertz CT molecular complexity index is 703. The van der Waals surface area contributed by atoms with Crippen LogP contribution in [-0.2, 0) is 19.1 Å². The van der Waals surface area contributed by atoms with Gasteiger partial charge in [0.25, 0.3) is 5.56 Å². The molecular weight excluding hydrogens is 262 g/mol. The van der Waals surface area contributed by atoms with Crippen molar-refractivity contribution in [1.82, 2.24) is 4.98 Å². The Morgan fingerprint density at radius 1 is 1.05 bits per heavy atom. The lowest BCUT2D eigenvalue weighted by Crippen LogP contribution is -2.25. The molecule has 20 heavy (non-hydrogen) atoms. The van der Waals surface area contributed by atoms with Crippen molar-refractivity contribution in [1.29, 1.82) is 0 Å². The van der Waals surface area contributed by atoms with Gasteiger partial charge in [0.05, 0.1) is 14.2 Å². The van der Waals surface area contributed by atoms with Gasteiger partial charge in [-0.2, -0.15) is 0 Å². The molecule has 0 aliphatic rings. The number of hydrogen-bond donors (Lipinski definition) is 1. The Morgan fingerprint density at radius 3 is 2.15 bits per heavy atom. The van der Waals surface area contributed by atoms with Gasteiger partial charge in [0.15, 0.2) is 5.92 Å². The summed E-state index contributed by atoms with van der Waals surface area (Å²) in [7, 11) is 2.37. The van der Waals surface area contributed by atoms with Crippen molar-refractivity contribution >= 4 is 22.7 Å². The summed E-state index contributed by atoms with van der Waals surface area (Å²) in [6, 6.07) is 6.70. The van der Waals surface area contributed by atoms with E-state index in [-0.39, 0.29) is 5.56 Å². The normalized spacial score (nSPS) is 10.6. The zero-order chi connectivity index (χ0) is 14.7. The fourth-order valence-corrected chi connectivity index (χ4v) is 2.06. The summed E-state index contributed by atoms with van der Waals surface area (Å²) >= 11 is 0. The van der Waals surface area contributed by atoms with Crippen molar-refractivity contribution in [2.24, 2.45) is 0 Å². The summed E-state index contributed by atoms with van der Waals surface area (Å²) in [6.07, 6.45) is 1.34. The van der Waals surface area contributed by atoms with E-state index in [0.29, 0.717) is 16.3 Å². The van der Waals surface area contributed by atoms with Crippen LogP contribution in [0.25, 0.3) is 10.8 Å². The third-order valence-corrected chi connectivity index (χ3v) is 3.03. The van der Waals surface area contributed by atoms with Gasteiger partial charge in [0.2, 0.25) is 0 Å². The topological polar surface area (TPSA) is 85.5 Å². The molecule has 1 N–H and O–H groups in total. The molecule has 6 nitrogen and oxygen atoms in total. The smallest absolute Gasteiger partial charge is 0.324 e. The molecule has 0 aliphatic heterocycles. The molecule has 2 aromatic rings. The largest absolute Gasteiger partial charge is 0.468 e. The Labute approximate surface area is 114 Å². The lowest BCUT2D eigenvalue weighted by molar-refractivity contribution is -0.154. The average Bonchev–Trinajstić information content (AvgIpc) is 2.49. The first kappa shape index (κ1) is 13.8. The van der Waals surface area contributed by atoms with Gasteiger partial charge in [-0.25, -0.2) is 0 Å². The number of esters is 2. The zero-order valence-electron chi connectivity index (χ0n) is 11.0. The molecule has 0 atom stereocenters. The van der Waals surface area contributed by atoms with E-state index >= 15 is 0 Å². The third kappa shape index (κ3) is 2.27. The number of fused-ring (bicyclic) bond motifs is 1. The quantitative estimate of drug-likeness (QED) is 0.666. The van der Waals surface area contributed by atoms with Crippen LogP contribution in [0.2, 0.25) is 0 Å². The van der Waals surface area contributed by atoms with Crippen molar-refractivity contribution < 1.29 is 19.1 Å². The van der Waals surface area contributed by atoms with Crippen LogP contribution >= 0.6 is 0 Å². The Balaban J connectivity index is 2.71. The fourth-order valence-electron chi connectivity index (χ4n) is 2.06. The second-order valence-corrected chi connectivity index (χ2v) is 4.10. The number of ether oxygens (including phenoxy) is 2. The van der Waals surface area contributed by atoms with Gasteiger partial charge < -0.3 is 14.5 Å². The molecular formula is C14H13NO5. The summed E-state index contributed by atoms with van der Waals surface area (Å²) in [5.41, 5.74) is 0.0525. The van der Waals surface area contributed by atoms with Crippen molar-refractivity contribution in [3.63, 3.8) is 0 Å². The van der Waals surface area contributed by atoms with Gasteiger partial charge in [-0.05, 0) is 11.5 Å². The highest BCUT2D eigenvalue weighted by atomic mass is 16.5. The van der Waals surface area contributed by atoms with E-state index in [0.717, 1.165) is 0 Å². The number of aromatic amines is 1. The number of methoxy groups -OCH3 is 2. The second-order valence-electron chi connectivity index (χ2n) is 4.10. The monoisotopic (exact) mass is 275 g/mol. The van der Waals surface area contributed by atoms with E-state index in [1.807, 2.05) is 0 Å². The minimum atomic E-state index is -1.23. The molecule has 104 valence electrons. The Morgan fingerprint density at radius 2 is 1.60 bits per heavy atom. The molecule has 0 saturated carbocycles. The van der Waals surface area contributed by atoms with Crippen LogP contribution in [0.15, 0.2) is 35.3 Å². The highest BCUT2D eigenvalue weighted by Crippen LogP contribution is 2.25. The van der Waals surface area contributed by atoms with E-state index in [2.05, 4.69) is 14.5 Å². The molecule has 0 amide bonds. The van der Waals surface area contributed by atoms with Gasteiger partial charge >= 0.3 is 11.9 Å². The van der Waals surface area contributed by atoms with E-state index in [4.69, 9.17) is 0 Å². The lowest BCUT2D eigenvalue weighted by atomic mass is 9.95. The molecule has 1 aromatic carbocycles. The van der Waals surface area contributed by atoms with Crippen LogP contribution in [0.5, 0.6) is 0 Å². The first-order chi connectivity index (χ1) is 9.60. The number of hydrogen-bond acceptors (Lipinski definition) is 5. The standard InChI is InChI=1S/C14H13NO5/c1-19-13(17)11(14(18)20-2)10-7-15-12(16)9-6-4-3-5-8(9)10/h3-7,11H,1-2H3,(H,15,16). The van der Waals surface area contributed by atoms with Gasteiger partial charge in [-0.3, -0.25) is 14.4 Å². The van der Waals surface area contributed by atoms with E-state index in [1.54, 1.807) is 24.3 Å². The molecule has 0 unspecified atom stereocenters. The minimum absolute atomic E-state index is 0.294. The average molecular weight is 275 g/mol. The predicted molar refractivity (Wildman–Crippen MR) is 71.3 cm³/mol. The third-order valence-electron chi connectivity index (χ3n) is 3.03. The fraction of sp³-hybridized carbons (Fsp3) is 0.214. The van der Waals surface area contributed by atoms with Gasteiger partial charge in [-0.15, -0.1) is 0 Å². The SMILES string of the molecule is COC(=O)C(C(=O)OC)c1c[nH]c(=O)c2ccccc12. The first-order valence-corrected chi connectivity index (χ1v) is 5.86. The van der Waals surface area contributed by atoms with Crippen LogP contribution in [-0.4, -0.2) is 31.1 Å². The Kier molecular flexibility index (Phi) is 3.84. The number of carbonyl (C=O) groups is 2. The number of H-pyrrole nitrogens is 1. The van der Waals surface area contributed by atoms with Crippen molar-refractivity contribution in [3.05, 3.63) is 46.4 Å². The highest BCUT2D eigenvalue weighted by molar-refractivity contribution is 6.04.